The van der Waals surface area contributed by atoms with E-state index in [2.05, 4.69) is 11.2 Å². The molecule has 3 aromatic carbocycles. The van der Waals surface area contributed by atoms with Crippen LogP contribution in [0.25, 0.3) is 0 Å². The average molecular weight is 415 g/mol. The Morgan fingerprint density at radius 1 is 1.00 bits per heavy atom. The minimum Gasteiger partial charge on any atom is -0.482 e. The molecular formula is C26H25NO4. The number of oxime groups is 1. The van der Waals surface area contributed by atoms with Crippen molar-refractivity contribution in [1.82, 2.24) is 0 Å². The molecule has 158 valence electrons. The molecule has 0 radical (unpaired) electrons. The van der Waals surface area contributed by atoms with Crippen LogP contribution in [0.1, 0.15) is 47.1 Å². The minimum absolute atomic E-state index is 0.259. The van der Waals surface area contributed by atoms with Gasteiger partial charge in [0.05, 0.1) is 0 Å². The number of nitrogens with zero attached hydrogens (tertiary/aromatic N) is 1. The molecule has 1 unspecified atom stereocenters. The fourth-order valence-electron chi connectivity index (χ4n) is 4.07. The second kappa shape index (κ2) is 9.94. The molecule has 0 spiro atoms. The standard InChI is InChI=1S/C26H25NO4/c28-25(29)18-30-24-13-7-12-22-19(14-15-23(22)24)16-17-27-31-26(20-8-3-1-4-9-20)21-10-5-2-6-11-21/h1-13,17,19,26H,14-16,18H2,(H,28,29). The molecule has 5 nitrogen and oxygen atoms in total. The predicted molar refractivity (Wildman–Crippen MR) is 120 cm³/mol. The van der Waals surface area contributed by atoms with Gasteiger partial charge < -0.3 is 14.7 Å². The molecule has 0 aromatic heterocycles. The van der Waals surface area contributed by atoms with E-state index >= 15 is 0 Å². The van der Waals surface area contributed by atoms with Gasteiger partial charge in [0, 0.05) is 6.21 Å². The molecule has 0 saturated heterocycles. The van der Waals surface area contributed by atoms with Crippen LogP contribution in [-0.2, 0) is 16.1 Å². The SMILES string of the molecule is O=C(O)COc1cccc2c1CCC2CC=NOC(c1ccccc1)c1ccccc1. The molecule has 0 fully saturated rings. The summed E-state index contributed by atoms with van der Waals surface area (Å²) in [5, 5.41) is 13.2. The summed E-state index contributed by atoms with van der Waals surface area (Å²) in [6.07, 6.45) is 4.19. The number of rotatable bonds is 9. The quantitative estimate of drug-likeness (QED) is 0.377. The highest BCUT2D eigenvalue weighted by atomic mass is 16.6. The highest BCUT2D eigenvalue weighted by molar-refractivity contribution is 5.68. The van der Waals surface area contributed by atoms with E-state index in [4.69, 9.17) is 14.7 Å². The number of benzene rings is 3. The number of ether oxygens (including phenoxy) is 1. The molecule has 3 aromatic rings. The van der Waals surface area contributed by atoms with Gasteiger partial charge in [-0.25, -0.2) is 4.79 Å². The summed E-state index contributed by atoms with van der Waals surface area (Å²) >= 11 is 0. The van der Waals surface area contributed by atoms with Crippen LogP contribution in [0.3, 0.4) is 0 Å². The van der Waals surface area contributed by atoms with Crippen LogP contribution in [0, 0.1) is 0 Å². The lowest BCUT2D eigenvalue weighted by molar-refractivity contribution is -0.139. The largest absolute Gasteiger partial charge is 0.482 e. The summed E-state index contributed by atoms with van der Waals surface area (Å²) in [6.45, 7) is -0.323. The van der Waals surface area contributed by atoms with Gasteiger partial charge in [-0.15, -0.1) is 0 Å². The lowest BCUT2D eigenvalue weighted by Crippen LogP contribution is -2.10. The Labute approximate surface area is 181 Å². The molecule has 31 heavy (non-hydrogen) atoms. The molecular weight excluding hydrogens is 390 g/mol. The third-order valence-electron chi connectivity index (χ3n) is 5.54. The topological polar surface area (TPSA) is 68.1 Å². The Bertz CT molecular complexity index is 994. The summed E-state index contributed by atoms with van der Waals surface area (Å²) in [6, 6.07) is 26.0. The zero-order valence-electron chi connectivity index (χ0n) is 17.2. The predicted octanol–water partition coefficient (Wildman–Crippen LogP) is 5.36. The number of carboxylic acids is 1. The zero-order chi connectivity index (χ0) is 21.5. The van der Waals surface area contributed by atoms with Crippen LogP contribution in [0.15, 0.2) is 84.0 Å². The van der Waals surface area contributed by atoms with Crippen LogP contribution in [0.2, 0.25) is 0 Å². The van der Waals surface area contributed by atoms with Crippen LogP contribution in [-0.4, -0.2) is 23.9 Å². The molecule has 0 bridgehead atoms. The van der Waals surface area contributed by atoms with Crippen LogP contribution in [0.5, 0.6) is 5.75 Å². The number of hydrogen-bond donors (Lipinski definition) is 1. The van der Waals surface area contributed by atoms with E-state index < -0.39 is 5.97 Å². The summed E-state index contributed by atoms with van der Waals surface area (Å²) in [7, 11) is 0. The van der Waals surface area contributed by atoms with Crippen molar-refractivity contribution in [2.45, 2.75) is 31.3 Å². The highest BCUT2D eigenvalue weighted by Crippen LogP contribution is 2.39. The second-order valence-electron chi connectivity index (χ2n) is 7.57. The van der Waals surface area contributed by atoms with Gasteiger partial charge in [-0.1, -0.05) is 78.0 Å². The third-order valence-corrected chi connectivity index (χ3v) is 5.54. The van der Waals surface area contributed by atoms with Gasteiger partial charge in [0.2, 0.25) is 0 Å². The van der Waals surface area contributed by atoms with Crippen molar-refractivity contribution in [2.75, 3.05) is 6.61 Å². The Balaban J connectivity index is 1.42. The number of aliphatic carboxylic acids is 1. The van der Waals surface area contributed by atoms with E-state index in [1.54, 1.807) is 0 Å². The molecule has 5 heteroatoms. The molecule has 1 atom stereocenters. The lowest BCUT2D eigenvalue weighted by atomic mass is 9.98. The first-order valence-corrected chi connectivity index (χ1v) is 10.5. The fourth-order valence-corrected chi connectivity index (χ4v) is 4.07. The van der Waals surface area contributed by atoms with Gasteiger partial charge in [0.15, 0.2) is 12.7 Å². The molecule has 0 heterocycles. The van der Waals surface area contributed by atoms with Crippen molar-refractivity contribution in [3.63, 3.8) is 0 Å². The first-order valence-electron chi connectivity index (χ1n) is 10.5. The summed E-state index contributed by atoms with van der Waals surface area (Å²) in [4.78, 5) is 16.7. The summed E-state index contributed by atoms with van der Waals surface area (Å²) in [5.41, 5.74) is 4.42. The lowest BCUT2D eigenvalue weighted by Gasteiger charge is -2.16. The normalized spacial score (nSPS) is 15.2. The van der Waals surface area contributed by atoms with Crippen LogP contribution >= 0.6 is 0 Å². The Morgan fingerprint density at radius 2 is 1.68 bits per heavy atom. The van der Waals surface area contributed by atoms with Crippen molar-refractivity contribution in [3.8, 4) is 5.75 Å². The van der Waals surface area contributed by atoms with Gasteiger partial charge in [0.1, 0.15) is 5.75 Å². The second-order valence-corrected chi connectivity index (χ2v) is 7.57. The van der Waals surface area contributed by atoms with Crippen molar-refractivity contribution >= 4 is 12.2 Å². The van der Waals surface area contributed by atoms with Gasteiger partial charge in [-0.3, -0.25) is 0 Å². The molecule has 1 N–H and O–H groups in total. The van der Waals surface area contributed by atoms with Crippen LogP contribution < -0.4 is 4.74 Å². The Hall–Kier alpha value is -3.60. The maximum atomic E-state index is 10.8. The van der Waals surface area contributed by atoms with E-state index in [0.717, 1.165) is 36.0 Å². The van der Waals surface area contributed by atoms with Crippen molar-refractivity contribution < 1.29 is 19.5 Å². The van der Waals surface area contributed by atoms with Gasteiger partial charge in [-0.2, -0.15) is 0 Å². The maximum absolute atomic E-state index is 10.8. The first kappa shape index (κ1) is 20.7. The molecule has 1 aliphatic carbocycles. The van der Waals surface area contributed by atoms with Gasteiger partial charge in [-0.05, 0) is 53.5 Å². The van der Waals surface area contributed by atoms with E-state index in [1.165, 1.54) is 5.56 Å². The van der Waals surface area contributed by atoms with Crippen LogP contribution in [0.4, 0.5) is 0 Å². The summed E-state index contributed by atoms with van der Waals surface area (Å²) < 4.78 is 5.46. The van der Waals surface area contributed by atoms with Crippen molar-refractivity contribution in [1.29, 1.82) is 0 Å². The smallest absolute Gasteiger partial charge is 0.341 e. The third kappa shape index (κ3) is 5.12. The fraction of sp³-hybridized carbons (Fsp3) is 0.231. The number of fused-ring (bicyclic) bond motifs is 1. The maximum Gasteiger partial charge on any atom is 0.341 e. The summed E-state index contributed by atoms with van der Waals surface area (Å²) in [5.74, 6) is 0.0225. The van der Waals surface area contributed by atoms with Crippen molar-refractivity contribution in [3.05, 3.63) is 101 Å². The Morgan fingerprint density at radius 3 is 2.32 bits per heavy atom. The average Bonchev–Trinajstić information content (AvgIpc) is 3.22. The monoisotopic (exact) mass is 415 g/mol. The molecule has 4 rings (SSSR count). The number of carbonyl (C=O) groups is 1. The first-order chi connectivity index (χ1) is 15.2. The molecule has 1 aliphatic rings. The minimum atomic E-state index is -0.970. The highest BCUT2D eigenvalue weighted by Gasteiger charge is 2.25. The molecule has 0 saturated carbocycles. The van der Waals surface area contributed by atoms with E-state index in [-0.39, 0.29) is 12.7 Å². The molecule has 0 aliphatic heterocycles. The Kier molecular flexibility index (Phi) is 6.62. The van der Waals surface area contributed by atoms with Gasteiger partial charge in [0.25, 0.3) is 0 Å². The van der Waals surface area contributed by atoms with Crippen molar-refractivity contribution in [2.24, 2.45) is 5.16 Å². The van der Waals surface area contributed by atoms with E-state index in [1.807, 2.05) is 79.0 Å². The van der Waals surface area contributed by atoms with E-state index in [0.29, 0.717) is 11.7 Å². The molecule has 0 amide bonds. The zero-order valence-corrected chi connectivity index (χ0v) is 17.2. The number of carboxylic acid groups (broad SMARTS) is 1. The van der Waals surface area contributed by atoms with E-state index in [9.17, 15) is 4.79 Å². The van der Waals surface area contributed by atoms with Gasteiger partial charge >= 0.3 is 5.97 Å². The number of hydrogen-bond acceptors (Lipinski definition) is 4.